The van der Waals surface area contributed by atoms with Crippen molar-refractivity contribution in [1.82, 2.24) is 24.1 Å². The third-order valence-electron chi connectivity index (χ3n) is 7.50. The van der Waals surface area contributed by atoms with Crippen molar-refractivity contribution in [2.45, 2.75) is 64.9 Å². The predicted octanol–water partition coefficient (Wildman–Crippen LogP) is 3.60. The summed E-state index contributed by atoms with van der Waals surface area (Å²) in [5.74, 6) is 0.216. The lowest BCUT2D eigenvalue weighted by molar-refractivity contribution is -0.137. The van der Waals surface area contributed by atoms with E-state index in [1.54, 1.807) is 13.8 Å². The first-order chi connectivity index (χ1) is 17.1. The summed E-state index contributed by atoms with van der Waals surface area (Å²) in [6.45, 7) is 10.0. The Kier molecular flexibility index (Phi) is 6.50. The Morgan fingerprint density at radius 1 is 1.00 bits per heavy atom. The smallest absolute Gasteiger partial charge is 0.248 e. The third-order valence-corrected chi connectivity index (χ3v) is 9.64. The van der Waals surface area contributed by atoms with Gasteiger partial charge in [-0.3, -0.25) is 9.48 Å². The summed E-state index contributed by atoms with van der Waals surface area (Å²) in [5.41, 5.74) is 5.90. The summed E-state index contributed by atoms with van der Waals surface area (Å²) in [6, 6.07) is 8.46. The molecule has 0 bridgehead atoms. The van der Waals surface area contributed by atoms with Gasteiger partial charge in [0, 0.05) is 37.7 Å². The van der Waals surface area contributed by atoms with Crippen molar-refractivity contribution in [2.75, 3.05) is 19.6 Å². The van der Waals surface area contributed by atoms with E-state index < -0.39 is 10.0 Å². The van der Waals surface area contributed by atoms with Gasteiger partial charge in [0.05, 0.1) is 17.9 Å². The van der Waals surface area contributed by atoms with Crippen LogP contribution < -0.4 is 0 Å². The Bertz CT molecular complexity index is 1380. The van der Waals surface area contributed by atoms with E-state index in [0.717, 1.165) is 29.9 Å². The molecule has 0 spiro atoms. The molecule has 2 aliphatic heterocycles. The first-order valence-corrected chi connectivity index (χ1v) is 14.0. The number of piperidine rings is 1. The van der Waals surface area contributed by atoms with Gasteiger partial charge in [0.1, 0.15) is 10.6 Å². The number of aryl methyl sites for hydroxylation is 5. The first-order valence-electron chi connectivity index (χ1n) is 12.5. The number of benzene rings is 1. The predicted molar refractivity (Wildman–Crippen MR) is 135 cm³/mol. The van der Waals surface area contributed by atoms with Gasteiger partial charge < -0.3 is 9.42 Å². The van der Waals surface area contributed by atoms with Gasteiger partial charge in [0.2, 0.25) is 15.9 Å². The number of hydrogen-bond donors (Lipinski definition) is 0. The lowest BCUT2D eigenvalue weighted by atomic mass is 9.96. The third kappa shape index (κ3) is 4.48. The SMILES string of the molecule is Cc1ccc(-c2cc3n(n2)CCCN(C(=O)C2CCN(S(=O)(=O)c4c(C)noc4C)CC2)C3)cc1C. The van der Waals surface area contributed by atoms with Crippen LogP contribution in [0.15, 0.2) is 33.7 Å². The Morgan fingerprint density at radius 3 is 2.42 bits per heavy atom. The number of hydrogen-bond acceptors (Lipinski definition) is 6. The van der Waals surface area contributed by atoms with E-state index in [1.807, 2.05) is 9.58 Å². The van der Waals surface area contributed by atoms with Crippen molar-refractivity contribution in [3.63, 3.8) is 0 Å². The molecule has 1 amide bonds. The highest BCUT2D eigenvalue weighted by Gasteiger charge is 2.37. The number of fused-ring (bicyclic) bond motifs is 1. The lowest BCUT2D eigenvalue weighted by Gasteiger charge is -2.33. The van der Waals surface area contributed by atoms with Gasteiger partial charge in [-0.15, -0.1) is 0 Å². The zero-order chi connectivity index (χ0) is 25.6. The topological polar surface area (TPSA) is 102 Å². The summed E-state index contributed by atoms with van der Waals surface area (Å²) >= 11 is 0. The highest BCUT2D eigenvalue weighted by Crippen LogP contribution is 2.30. The molecule has 0 atom stereocenters. The van der Waals surface area contributed by atoms with Gasteiger partial charge in [0.15, 0.2) is 5.76 Å². The summed E-state index contributed by atoms with van der Waals surface area (Å²) in [7, 11) is -3.69. The van der Waals surface area contributed by atoms with Crippen LogP contribution in [0, 0.1) is 33.6 Å². The van der Waals surface area contributed by atoms with Gasteiger partial charge in [-0.25, -0.2) is 8.42 Å². The molecule has 0 saturated carbocycles. The Morgan fingerprint density at radius 2 is 1.75 bits per heavy atom. The molecule has 1 fully saturated rings. The van der Waals surface area contributed by atoms with E-state index in [1.165, 1.54) is 15.4 Å². The minimum atomic E-state index is -3.69. The standard InChI is InChI=1S/C26H33N5O4S/c1-17-6-7-22(14-18(17)2)24-15-23-16-29(10-5-11-31(23)27-24)26(32)21-8-12-30(13-9-21)36(33,34)25-19(3)28-35-20(25)4/h6-7,14-15,21H,5,8-13,16H2,1-4H3. The molecular weight excluding hydrogens is 478 g/mol. The maximum Gasteiger partial charge on any atom is 0.248 e. The van der Waals surface area contributed by atoms with Crippen molar-refractivity contribution in [3.05, 3.63) is 52.5 Å². The first kappa shape index (κ1) is 24.7. The van der Waals surface area contributed by atoms with Crippen LogP contribution in [0.2, 0.25) is 0 Å². The largest absolute Gasteiger partial charge is 0.360 e. The van der Waals surface area contributed by atoms with Gasteiger partial charge in [-0.2, -0.15) is 9.40 Å². The number of carbonyl (C=O) groups is 1. The zero-order valence-electron chi connectivity index (χ0n) is 21.3. The average Bonchev–Trinajstić information content (AvgIpc) is 3.35. The quantitative estimate of drug-likeness (QED) is 0.530. The van der Waals surface area contributed by atoms with Crippen molar-refractivity contribution in [1.29, 1.82) is 0 Å². The minimum Gasteiger partial charge on any atom is -0.360 e. The molecule has 2 aliphatic rings. The second kappa shape index (κ2) is 9.48. The van der Waals surface area contributed by atoms with Crippen LogP contribution >= 0.6 is 0 Å². The normalized spacial score (nSPS) is 17.7. The van der Waals surface area contributed by atoms with E-state index in [0.29, 0.717) is 50.5 Å². The van der Waals surface area contributed by atoms with Crippen LogP contribution in [0.3, 0.4) is 0 Å². The molecule has 3 aromatic rings. The Labute approximate surface area is 212 Å². The molecule has 0 radical (unpaired) electrons. The molecule has 9 nitrogen and oxygen atoms in total. The van der Waals surface area contributed by atoms with Crippen LogP contribution in [-0.4, -0.2) is 58.1 Å². The summed E-state index contributed by atoms with van der Waals surface area (Å²) in [4.78, 5) is 15.5. The van der Waals surface area contributed by atoms with Crippen LogP contribution in [0.25, 0.3) is 11.3 Å². The molecule has 0 unspecified atom stereocenters. The van der Waals surface area contributed by atoms with Crippen LogP contribution in [0.5, 0.6) is 0 Å². The lowest BCUT2D eigenvalue weighted by Crippen LogP contribution is -2.44. The number of nitrogens with zero attached hydrogens (tertiary/aromatic N) is 5. The van der Waals surface area contributed by atoms with E-state index in [9.17, 15) is 13.2 Å². The van der Waals surface area contributed by atoms with Gasteiger partial charge >= 0.3 is 0 Å². The maximum atomic E-state index is 13.5. The fourth-order valence-corrected chi connectivity index (χ4v) is 7.03. The number of sulfonamides is 1. The number of aromatic nitrogens is 3. The summed E-state index contributed by atoms with van der Waals surface area (Å²) in [6.07, 6.45) is 1.85. The Hall–Kier alpha value is -2.98. The van der Waals surface area contributed by atoms with E-state index in [4.69, 9.17) is 9.62 Å². The molecular formula is C26H33N5O4S. The monoisotopic (exact) mass is 511 g/mol. The second-order valence-electron chi connectivity index (χ2n) is 9.99. The molecule has 0 N–H and O–H groups in total. The number of rotatable bonds is 4. The van der Waals surface area contributed by atoms with Crippen molar-refractivity contribution < 1.29 is 17.7 Å². The average molecular weight is 512 g/mol. The molecule has 10 heteroatoms. The molecule has 36 heavy (non-hydrogen) atoms. The molecule has 5 rings (SSSR count). The zero-order valence-corrected chi connectivity index (χ0v) is 22.1. The number of carbonyl (C=O) groups excluding carboxylic acids is 1. The second-order valence-corrected chi connectivity index (χ2v) is 11.9. The highest BCUT2D eigenvalue weighted by atomic mass is 32.2. The summed E-state index contributed by atoms with van der Waals surface area (Å²) in [5, 5.41) is 8.62. The van der Waals surface area contributed by atoms with E-state index >= 15 is 0 Å². The Balaban J connectivity index is 1.27. The van der Waals surface area contributed by atoms with Gasteiger partial charge in [0.25, 0.3) is 0 Å². The van der Waals surface area contributed by atoms with E-state index in [2.05, 4.69) is 43.3 Å². The van der Waals surface area contributed by atoms with Gasteiger partial charge in [-0.1, -0.05) is 17.3 Å². The van der Waals surface area contributed by atoms with Crippen molar-refractivity contribution >= 4 is 15.9 Å². The molecule has 1 saturated heterocycles. The molecule has 0 aliphatic carbocycles. The minimum absolute atomic E-state index is 0.103. The fraction of sp³-hybridized carbons (Fsp3) is 0.500. The van der Waals surface area contributed by atoms with E-state index in [-0.39, 0.29) is 16.7 Å². The van der Waals surface area contributed by atoms with Gasteiger partial charge in [-0.05, 0) is 70.2 Å². The molecule has 192 valence electrons. The fourth-order valence-electron chi connectivity index (χ4n) is 5.27. The highest BCUT2D eigenvalue weighted by molar-refractivity contribution is 7.89. The van der Waals surface area contributed by atoms with Crippen molar-refractivity contribution in [3.8, 4) is 11.3 Å². The maximum absolute atomic E-state index is 13.5. The number of amides is 1. The van der Waals surface area contributed by atoms with Crippen LogP contribution in [0.1, 0.15) is 47.5 Å². The van der Waals surface area contributed by atoms with Crippen LogP contribution in [-0.2, 0) is 27.9 Å². The molecule has 2 aromatic heterocycles. The van der Waals surface area contributed by atoms with Crippen LogP contribution in [0.4, 0.5) is 0 Å². The molecule has 4 heterocycles. The molecule has 1 aromatic carbocycles. The summed E-state index contributed by atoms with van der Waals surface area (Å²) < 4.78 is 34.8. The van der Waals surface area contributed by atoms with Crippen molar-refractivity contribution in [2.24, 2.45) is 5.92 Å².